The van der Waals surface area contributed by atoms with Crippen molar-refractivity contribution in [1.29, 1.82) is 0 Å². The van der Waals surface area contributed by atoms with Crippen LogP contribution in [-0.2, 0) is 0 Å². The summed E-state index contributed by atoms with van der Waals surface area (Å²) in [6, 6.07) is 14.0. The Kier molecular flexibility index (Phi) is 1.97. The molecule has 0 atom stereocenters. The second-order valence-electron chi connectivity index (χ2n) is 4.61. The van der Waals surface area contributed by atoms with E-state index in [-0.39, 0.29) is 0 Å². The van der Waals surface area contributed by atoms with Crippen molar-refractivity contribution >= 4 is 38.9 Å². The highest BCUT2D eigenvalue weighted by Crippen LogP contribution is 2.30. The molecule has 0 aliphatic carbocycles. The average Bonchev–Trinajstić information content (AvgIpc) is 2.90. The van der Waals surface area contributed by atoms with Gasteiger partial charge in [0.2, 0.25) is 0 Å². The van der Waals surface area contributed by atoms with Crippen molar-refractivity contribution in [2.45, 2.75) is 0 Å². The Hall–Kier alpha value is -2.68. The topological polar surface area (TPSA) is 45.8 Å². The summed E-state index contributed by atoms with van der Waals surface area (Å²) >= 11 is 0. The quantitative estimate of drug-likeness (QED) is 0.411. The monoisotopic (exact) mass is 246 g/mol. The second-order valence-corrected chi connectivity index (χ2v) is 4.61. The third-order valence-corrected chi connectivity index (χ3v) is 3.50. The molecular formula is C16H10N2O. The number of rotatable bonds is 1. The van der Waals surface area contributed by atoms with Crippen molar-refractivity contribution < 1.29 is 4.79 Å². The number of pyridine rings is 1. The lowest BCUT2D eigenvalue weighted by atomic mass is 10.0. The highest BCUT2D eigenvalue weighted by molar-refractivity contribution is 6.18. The minimum atomic E-state index is 0.593. The van der Waals surface area contributed by atoms with Crippen LogP contribution in [0.2, 0.25) is 0 Å². The molecule has 0 aliphatic rings. The number of aromatic nitrogens is 2. The zero-order valence-corrected chi connectivity index (χ0v) is 10.1. The molecule has 0 saturated heterocycles. The molecule has 0 aliphatic heterocycles. The van der Waals surface area contributed by atoms with Gasteiger partial charge in [-0.15, -0.1) is 0 Å². The first-order chi connectivity index (χ1) is 9.36. The average molecular weight is 246 g/mol. The van der Waals surface area contributed by atoms with E-state index in [0.29, 0.717) is 5.69 Å². The molecule has 0 spiro atoms. The number of H-pyrrole nitrogens is 1. The molecule has 0 radical (unpaired) electrons. The van der Waals surface area contributed by atoms with E-state index in [1.807, 2.05) is 42.6 Å². The van der Waals surface area contributed by atoms with Crippen LogP contribution in [0.15, 0.2) is 48.7 Å². The predicted molar refractivity (Wildman–Crippen MR) is 76.5 cm³/mol. The summed E-state index contributed by atoms with van der Waals surface area (Å²) in [5.74, 6) is 0. The number of nitrogens with one attached hydrogen (secondary N) is 1. The predicted octanol–water partition coefficient (Wildman–Crippen LogP) is 3.68. The normalized spacial score (nSPS) is 11.4. The van der Waals surface area contributed by atoms with Crippen molar-refractivity contribution in [3.05, 3.63) is 54.4 Å². The lowest BCUT2D eigenvalue weighted by molar-refractivity contribution is 0.112. The summed E-state index contributed by atoms with van der Waals surface area (Å²) in [6.07, 6.45) is 2.72. The van der Waals surface area contributed by atoms with Gasteiger partial charge in [0.25, 0.3) is 0 Å². The number of aromatic amines is 1. The first-order valence-electron chi connectivity index (χ1n) is 6.11. The summed E-state index contributed by atoms with van der Waals surface area (Å²) in [7, 11) is 0. The third-order valence-electron chi connectivity index (χ3n) is 3.50. The van der Waals surface area contributed by atoms with E-state index in [1.54, 1.807) is 0 Å². The van der Waals surface area contributed by atoms with Gasteiger partial charge in [-0.3, -0.25) is 9.78 Å². The largest absolute Gasteiger partial charge is 0.352 e. The molecule has 2 aromatic heterocycles. The minimum Gasteiger partial charge on any atom is -0.352 e. The van der Waals surface area contributed by atoms with E-state index in [2.05, 4.69) is 16.0 Å². The van der Waals surface area contributed by atoms with E-state index >= 15 is 0 Å². The van der Waals surface area contributed by atoms with Crippen LogP contribution in [0.4, 0.5) is 0 Å². The Morgan fingerprint density at radius 1 is 1.05 bits per heavy atom. The van der Waals surface area contributed by atoms with Crippen molar-refractivity contribution in [3.8, 4) is 0 Å². The van der Waals surface area contributed by atoms with Crippen molar-refractivity contribution in [2.24, 2.45) is 0 Å². The van der Waals surface area contributed by atoms with Crippen LogP contribution in [0.3, 0.4) is 0 Å². The molecule has 0 bridgehead atoms. The first-order valence-corrected chi connectivity index (χ1v) is 6.11. The highest BCUT2D eigenvalue weighted by Gasteiger charge is 2.08. The second kappa shape index (κ2) is 3.65. The van der Waals surface area contributed by atoms with Crippen molar-refractivity contribution in [1.82, 2.24) is 9.97 Å². The van der Waals surface area contributed by atoms with Gasteiger partial charge in [0, 0.05) is 22.4 Å². The molecule has 2 aromatic carbocycles. The summed E-state index contributed by atoms with van der Waals surface area (Å²) in [4.78, 5) is 18.6. The Bertz CT molecular complexity index is 937. The van der Waals surface area contributed by atoms with Gasteiger partial charge < -0.3 is 4.98 Å². The fourth-order valence-corrected chi connectivity index (χ4v) is 2.63. The third kappa shape index (κ3) is 1.38. The summed E-state index contributed by atoms with van der Waals surface area (Å²) in [5, 5.41) is 4.36. The van der Waals surface area contributed by atoms with Gasteiger partial charge in [0.05, 0.1) is 16.7 Å². The number of nitrogens with zero attached hydrogens (tertiary/aromatic N) is 1. The van der Waals surface area contributed by atoms with E-state index in [1.165, 1.54) is 0 Å². The van der Waals surface area contributed by atoms with Crippen LogP contribution in [-0.4, -0.2) is 16.3 Å². The Labute approximate surface area is 108 Å². The van der Waals surface area contributed by atoms with Gasteiger partial charge in [0.15, 0.2) is 6.29 Å². The maximum absolute atomic E-state index is 10.9. The summed E-state index contributed by atoms with van der Waals surface area (Å²) < 4.78 is 0. The van der Waals surface area contributed by atoms with Gasteiger partial charge in [-0.25, -0.2) is 0 Å². The van der Waals surface area contributed by atoms with E-state index in [9.17, 15) is 4.79 Å². The highest BCUT2D eigenvalue weighted by atomic mass is 16.1. The van der Waals surface area contributed by atoms with E-state index in [4.69, 9.17) is 0 Å². The molecule has 4 rings (SSSR count). The molecule has 0 fully saturated rings. The molecule has 4 aromatic rings. The Morgan fingerprint density at radius 3 is 2.84 bits per heavy atom. The van der Waals surface area contributed by atoms with Gasteiger partial charge >= 0.3 is 0 Å². The molecule has 1 N–H and O–H groups in total. The molecule has 90 valence electrons. The van der Waals surface area contributed by atoms with E-state index in [0.717, 1.165) is 38.9 Å². The van der Waals surface area contributed by atoms with Crippen LogP contribution in [0.25, 0.3) is 32.6 Å². The van der Waals surface area contributed by atoms with Crippen LogP contribution in [0, 0.1) is 0 Å². The SMILES string of the molecule is O=Cc1cc2ccc3ncc4ccccc4c3c2[nH]1. The lowest BCUT2D eigenvalue weighted by Gasteiger charge is -2.04. The molecule has 19 heavy (non-hydrogen) atoms. The molecule has 3 nitrogen and oxygen atoms in total. The molecule has 0 unspecified atom stereocenters. The number of fused-ring (bicyclic) bond motifs is 5. The summed E-state index contributed by atoms with van der Waals surface area (Å²) in [6.45, 7) is 0. The van der Waals surface area contributed by atoms with E-state index < -0.39 is 0 Å². The standard InChI is InChI=1S/C16H10N2O/c19-9-12-7-10-5-6-14-15(16(10)18-12)13-4-2-1-3-11(13)8-17-14/h1-9,18H. The molecule has 2 heterocycles. The van der Waals surface area contributed by atoms with Crippen LogP contribution < -0.4 is 0 Å². The summed E-state index contributed by atoms with van der Waals surface area (Å²) in [5.41, 5.74) is 2.50. The Morgan fingerprint density at radius 2 is 1.95 bits per heavy atom. The van der Waals surface area contributed by atoms with Crippen LogP contribution >= 0.6 is 0 Å². The molecular weight excluding hydrogens is 236 g/mol. The minimum absolute atomic E-state index is 0.593. The van der Waals surface area contributed by atoms with Crippen LogP contribution in [0.5, 0.6) is 0 Å². The Balaban J connectivity index is 2.32. The van der Waals surface area contributed by atoms with Gasteiger partial charge in [-0.2, -0.15) is 0 Å². The van der Waals surface area contributed by atoms with Gasteiger partial charge in [-0.1, -0.05) is 30.3 Å². The smallest absolute Gasteiger partial charge is 0.166 e. The molecule has 3 heteroatoms. The van der Waals surface area contributed by atoms with Gasteiger partial charge in [-0.05, 0) is 17.5 Å². The fourth-order valence-electron chi connectivity index (χ4n) is 2.63. The number of hydrogen-bond acceptors (Lipinski definition) is 2. The zero-order valence-electron chi connectivity index (χ0n) is 10.1. The maximum Gasteiger partial charge on any atom is 0.166 e. The lowest BCUT2D eigenvalue weighted by Crippen LogP contribution is -1.83. The zero-order chi connectivity index (χ0) is 12.8. The van der Waals surface area contributed by atoms with Crippen LogP contribution in [0.1, 0.15) is 10.5 Å². The van der Waals surface area contributed by atoms with Crippen molar-refractivity contribution in [2.75, 3.05) is 0 Å². The van der Waals surface area contributed by atoms with Gasteiger partial charge in [0.1, 0.15) is 0 Å². The number of benzene rings is 2. The maximum atomic E-state index is 10.9. The number of aldehydes is 1. The fraction of sp³-hybridized carbons (Fsp3) is 0. The number of carbonyl (C=O) groups is 1. The first kappa shape index (κ1) is 10.3. The molecule has 0 amide bonds. The number of carbonyl (C=O) groups excluding carboxylic acids is 1. The van der Waals surface area contributed by atoms with Crippen molar-refractivity contribution in [3.63, 3.8) is 0 Å². The number of hydrogen-bond donors (Lipinski definition) is 1. The molecule has 0 saturated carbocycles.